The van der Waals surface area contributed by atoms with Crippen molar-refractivity contribution in [2.45, 2.75) is 13.0 Å². The van der Waals surface area contributed by atoms with Crippen molar-refractivity contribution in [3.05, 3.63) is 60.1 Å². The van der Waals surface area contributed by atoms with Crippen molar-refractivity contribution in [2.24, 2.45) is 0 Å². The Labute approximate surface area is 112 Å². The zero-order valence-electron chi connectivity index (χ0n) is 10.5. The van der Waals surface area contributed by atoms with E-state index in [0.717, 1.165) is 5.56 Å². The van der Waals surface area contributed by atoms with Crippen molar-refractivity contribution in [1.82, 2.24) is 0 Å². The van der Waals surface area contributed by atoms with E-state index in [4.69, 9.17) is 9.15 Å². The Morgan fingerprint density at radius 2 is 2.00 bits per heavy atom. The number of benzene rings is 1. The van der Waals surface area contributed by atoms with E-state index < -0.39 is 0 Å². The molecule has 2 aromatic rings. The second-order valence-electron chi connectivity index (χ2n) is 3.90. The van der Waals surface area contributed by atoms with Gasteiger partial charge in [0.25, 0.3) is 5.78 Å². The van der Waals surface area contributed by atoms with Gasteiger partial charge in [-0.05, 0) is 23.6 Å². The molecule has 1 aromatic heterocycles. The highest BCUT2D eigenvalue weighted by Gasteiger charge is 2.03. The molecule has 1 heterocycles. The second kappa shape index (κ2) is 7.20. The van der Waals surface area contributed by atoms with E-state index in [0.29, 0.717) is 19.6 Å². The van der Waals surface area contributed by atoms with Crippen molar-refractivity contribution in [3.8, 4) is 11.8 Å². The minimum atomic E-state index is -0.298. The van der Waals surface area contributed by atoms with Crippen LogP contribution in [-0.4, -0.2) is 12.4 Å². The third-order valence-electron chi connectivity index (χ3n) is 2.43. The van der Waals surface area contributed by atoms with Crippen LogP contribution in [-0.2, 0) is 11.3 Å². The summed E-state index contributed by atoms with van der Waals surface area (Å²) in [6.45, 7) is 1.07. The van der Waals surface area contributed by atoms with Gasteiger partial charge in [-0.25, -0.2) is 0 Å². The molecule has 0 aliphatic carbocycles. The molecule has 3 heteroatoms. The van der Waals surface area contributed by atoms with Crippen molar-refractivity contribution in [2.75, 3.05) is 6.61 Å². The summed E-state index contributed by atoms with van der Waals surface area (Å²) in [6, 6.07) is 13.2. The van der Waals surface area contributed by atoms with Crippen molar-refractivity contribution in [1.29, 1.82) is 0 Å². The molecule has 0 unspecified atom stereocenters. The van der Waals surface area contributed by atoms with E-state index in [-0.39, 0.29) is 11.5 Å². The molecule has 3 nitrogen and oxygen atoms in total. The number of carbonyl (C=O) groups is 1. The van der Waals surface area contributed by atoms with Crippen LogP contribution in [0.3, 0.4) is 0 Å². The Morgan fingerprint density at radius 3 is 2.74 bits per heavy atom. The van der Waals surface area contributed by atoms with Crippen LogP contribution in [0, 0.1) is 11.8 Å². The monoisotopic (exact) mass is 254 g/mol. The van der Waals surface area contributed by atoms with Crippen LogP contribution in [0.2, 0.25) is 0 Å². The topological polar surface area (TPSA) is 39.4 Å². The smallest absolute Gasteiger partial charge is 0.271 e. The molecule has 0 aliphatic heterocycles. The summed E-state index contributed by atoms with van der Waals surface area (Å²) in [7, 11) is 0. The largest absolute Gasteiger partial charge is 0.460 e. The number of rotatable bonds is 5. The Kier molecular flexibility index (Phi) is 4.97. The molecule has 1 aromatic carbocycles. The quantitative estimate of drug-likeness (QED) is 0.356. The van der Waals surface area contributed by atoms with Crippen molar-refractivity contribution < 1.29 is 13.9 Å². The third-order valence-corrected chi connectivity index (χ3v) is 2.43. The fourth-order valence-electron chi connectivity index (χ4n) is 1.50. The summed E-state index contributed by atoms with van der Waals surface area (Å²) in [5, 5.41) is 0. The zero-order valence-corrected chi connectivity index (χ0v) is 10.5. The second-order valence-corrected chi connectivity index (χ2v) is 3.90. The van der Waals surface area contributed by atoms with Gasteiger partial charge in [0.2, 0.25) is 0 Å². The molecule has 2 rings (SSSR count). The molecule has 0 radical (unpaired) electrons. The molecule has 0 spiro atoms. The number of ether oxygens (including phenoxy) is 1. The van der Waals surface area contributed by atoms with Crippen LogP contribution in [0.15, 0.2) is 53.1 Å². The first-order valence-electron chi connectivity index (χ1n) is 6.04. The predicted octanol–water partition coefficient (Wildman–Crippen LogP) is 3.07. The lowest BCUT2D eigenvalue weighted by Crippen LogP contribution is -1.95. The Morgan fingerprint density at radius 1 is 1.16 bits per heavy atom. The maximum Gasteiger partial charge on any atom is 0.271 e. The highest BCUT2D eigenvalue weighted by atomic mass is 16.5. The number of carbonyl (C=O) groups excluding carboxylic acids is 1. The lowest BCUT2D eigenvalue weighted by molar-refractivity contribution is 0.103. The van der Waals surface area contributed by atoms with Crippen LogP contribution in [0.1, 0.15) is 22.5 Å². The van der Waals surface area contributed by atoms with Gasteiger partial charge >= 0.3 is 0 Å². The van der Waals surface area contributed by atoms with Gasteiger partial charge < -0.3 is 9.15 Å². The molecule has 0 saturated heterocycles. The van der Waals surface area contributed by atoms with Gasteiger partial charge in [-0.2, -0.15) is 0 Å². The number of hydrogen-bond donors (Lipinski definition) is 0. The summed E-state index contributed by atoms with van der Waals surface area (Å²) in [4.78, 5) is 11.5. The summed E-state index contributed by atoms with van der Waals surface area (Å²) in [5.41, 5.74) is 1.13. The number of Topliss-reactive ketones (excluding diaryl/α,β-unsaturated/α-hetero) is 1. The van der Waals surface area contributed by atoms with Gasteiger partial charge in [0.1, 0.15) is 0 Å². The minimum absolute atomic E-state index is 0.276. The van der Waals surface area contributed by atoms with E-state index >= 15 is 0 Å². The highest BCUT2D eigenvalue weighted by molar-refractivity contribution is 6.06. The van der Waals surface area contributed by atoms with Crippen molar-refractivity contribution >= 4 is 5.78 Å². The first-order chi connectivity index (χ1) is 9.36. The maximum absolute atomic E-state index is 11.5. The fourth-order valence-corrected chi connectivity index (χ4v) is 1.50. The summed E-state index contributed by atoms with van der Waals surface area (Å²) in [5.74, 6) is 5.27. The molecule has 0 amide bonds. The molecule has 0 aliphatic rings. The van der Waals surface area contributed by atoms with Gasteiger partial charge in [-0.1, -0.05) is 36.3 Å². The Hall–Kier alpha value is -2.31. The SMILES string of the molecule is O=C(C#CCCOCc1ccccc1)c1ccco1. The predicted molar refractivity (Wildman–Crippen MR) is 71.5 cm³/mol. The normalized spacial score (nSPS) is 9.68. The van der Waals surface area contributed by atoms with Gasteiger partial charge in [0.05, 0.1) is 19.5 Å². The van der Waals surface area contributed by atoms with Gasteiger partial charge in [0, 0.05) is 6.42 Å². The van der Waals surface area contributed by atoms with Crippen LogP contribution in [0.4, 0.5) is 0 Å². The van der Waals surface area contributed by atoms with Crippen LogP contribution in [0.25, 0.3) is 0 Å². The maximum atomic E-state index is 11.5. The molecular formula is C16H14O3. The van der Waals surface area contributed by atoms with E-state index in [9.17, 15) is 4.79 Å². The Bertz CT molecular complexity index is 559. The fraction of sp³-hybridized carbons (Fsp3) is 0.188. The number of furan rings is 1. The first-order valence-corrected chi connectivity index (χ1v) is 6.04. The minimum Gasteiger partial charge on any atom is -0.460 e. The molecule has 0 bridgehead atoms. The molecule has 0 atom stereocenters. The molecule has 0 fully saturated rings. The standard InChI is InChI=1S/C16H14O3/c17-15(16-10-6-12-19-16)9-4-5-11-18-13-14-7-2-1-3-8-14/h1-3,6-8,10,12H,5,11,13H2. The number of hydrogen-bond acceptors (Lipinski definition) is 3. The Balaban J connectivity index is 1.66. The average Bonchev–Trinajstić information content (AvgIpc) is 2.98. The van der Waals surface area contributed by atoms with E-state index in [1.165, 1.54) is 6.26 Å². The van der Waals surface area contributed by atoms with E-state index in [1.54, 1.807) is 12.1 Å². The molecule has 96 valence electrons. The zero-order chi connectivity index (χ0) is 13.3. The average molecular weight is 254 g/mol. The van der Waals surface area contributed by atoms with Crippen LogP contribution < -0.4 is 0 Å². The highest BCUT2D eigenvalue weighted by Crippen LogP contribution is 2.01. The molecule has 0 N–H and O–H groups in total. The summed E-state index contributed by atoms with van der Waals surface area (Å²) >= 11 is 0. The lowest BCUT2D eigenvalue weighted by atomic mass is 10.2. The van der Waals surface area contributed by atoms with Gasteiger partial charge in [-0.3, -0.25) is 4.79 Å². The first kappa shape index (κ1) is 13.1. The molecule has 0 saturated carbocycles. The van der Waals surface area contributed by atoms with Gasteiger partial charge in [0.15, 0.2) is 5.76 Å². The van der Waals surface area contributed by atoms with Crippen LogP contribution >= 0.6 is 0 Å². The van der Waals surface area contributed by atoms with E-state index in [1.807, 2.05) is 30.3 Å². The third kappa shape index (κ3) is 4.46. The summed E-state index contributed by atoms with van der Waals surface area (Å²) < 4.78 is 10.4. The number of ketones is 1. The molecule has 19 heavy (non-hydrogen) atoms. The lowest BCUT2D eigenvalue weighted by Gasteiger charge is -2.00. The van der Waals surface area contributed by atoms with Crippen LogP contribution in [0.5, 0.6) is 0 Å². The van der Waals surface area contributed by atoms with Crippen molar-refractivity contribution in [3.63, 3.8) is 0 Å². The van der Waals surface area contributed by atoms with Gasteiger partial charge in [-0.15, -0.1) is 0 Å². The van der Waals surface area contributed by atoms with E-state index in [2.05, 4.69) is 11.8 Å². The summed E-state index contributed by atoms with van der Waals surface area (Å²) in [6.07, 6.45) is 1.98. The molecular weight excluding hydrogens is 240 g/mol.